The van der Waals surface area contributed by atoms with Crippen molar-refractivity contribution < 1.29 is 9.59 Å². The SMILES string of the molecule is CC1(C)CC(C#N)N(C(=O)C2CCC(=O)N2)C1. The van der Waals surface area contributed by atoms with Crippen LogP contribution in [0.2, 0.25) is 0 Å². The summed E-state index contributed by atoms with van der Waals surface area (Å²) in [6.45, 7) is 4.70. The number of nitriles is 1. The van der Waals surface area contributed by atoms with E-state index in [2.05, 4.69) is 25.2 Å². The van der Waals surface area contributed by atoms with E-state index in [1.54, 1.807) is 4.90 Å². The van der Waals surface area contributed by atoms with E-state index in [9.17, 15) is 9.59 Å². The Morgan fingerprint density at radius 2 is 2.29 bits per heavy atom. The molecule has 5 heteroatoms. The van der Waals surface area contributed by atoms with Gasteiger partial charge in [0.1, 0.15) is 12.1 Å². The van der Waals surface area contributed by atoms with E-state index >= 15 is 0 Å². The highest BCUT2D eigenvalue weighted by molar-refractivity contribution is 5.91. The molecule has 2 rings (SSSR count). The number of carbonyl (C=O) groups is 2. The fourth-order valence-corrected chi connectivity index (χ4v) is 2.62. The van der Waals surface area contributed by atoms with Gasteiger partial charge >= 0.3 is 0 Å². The lowest BCUT2D eigenvalue weighted by Crippen LogP contribution is -2.46. The van der Waals surface area contributed by atoms with E-state index in [4.69, 9.17) is 5.26 Å². The first-order chi connectivity index (χ1) is 7.93. The molecule has 17 heavy (non-hydrogen) atoms. The number of carbonyl (C=O) groups excluding carboxylic acids is 2. The van der Waals surface area contributed by atoms with E-state index in [-0.39, 0.29) is 23.3 Å². The lowest BCUT2D eigenvalue weighted by atomic mass is 9.91. The minimum absolute atomic E-state index is 0.0152. The smallest absolute Gasteiger partial charge is 0.246 e. The van der Waals surface area contributed by atoms with Gasteiger partial charge in [-0.15, -0.1) is 0 Å². The van der Waals surface area contributed by atoms with Crippen LogP contribution < -0.4 is 5.32 Å². The van der Waals surface area contributed by atoms with E-state index in [0.717, 1.165) is 0 Å². The molecule has 0 aromatic rings. The normalized spacial score (nSPS) is 31.1. The summed E-state index contributed by atoms with van der Waals surface area (Å²) in [5.74, 6) is -0.178. The van der Waals surface area contributed by atoms with Gasteiger partial charge in [-0.05, 0) is 18.3 Å². The predicted octanol–water partition coefficient (Wildman–Crippen LogP) is 0.416. The summed E-state index contributed by atoms with van der Waals surface area (Å²) < 4.78 is 0. The van der Waals surface area contributed by atoms with Crippen LogP contribution in [0.1, 0.15) is 33.1 Å². The number of amides is 2. The zero-order chi connectivity index (χ0) is 12.6. The standard InChI is InChI=1S/C12H17N3O2/c1-12(2)5-8(6-13)15(7-12)11(17)9-3-4-10(16)14-9/h8-9H,3-5,7H2,1-2H3,(H,14,16). The lowest BCUT2D eigenvalue weighted by molar-refractivity contribution is -0.134. The molecule has 2 unspecified atom stereocenters. The number of likely N-dealkylation sites (tertiary alicyclic amines) is 1. The maximum Gasteiger partial charge on any atom is 0.246 e. The highest BCUT2D eigenvalue weighted by atomic mass is 16.2. The average molecular weight is 235 g/mol. The molecule has 2 heterocycles. The van der Waals surface area contributed by atoms with E-state index < -0.39 is 6.04 Å². The third-order valence-corrected chi connectivity index (χ3v) is 3.45. The molecule has 0 aromatic heterocycles. The largest absolute Gasteiger partial charge is 0.344 e. The van der Waals surface area contributed by atoms with Crippen molar-refractivity contribution in [1.82, 2.24) is 10.2 Å². The Morgan fingerprint density at radius 3 is 2.82 bits per heavy atom. The number of hydrogen-bond acceptors (Lipinski definition) is 3. The zero-order valence-corrected chi connectivity index (χ0v) is 10.2. The molecule has 0 radical (unpaired) electrons. The average Bonchev–Trinajstić information content (AvgIpc) is 2.80. The maximum atomic E-state index is 12.2. The second-order valence-electron chi connectivity index (χ2n) is 5.64. The number of nitrogens with one attached hydrogen (secondary N) is 1. The molecular formula is C12H17N3O2. The van der Waals surface area contributed by atoms with Crippen molar-refractivity contribution >= 4 is 11.8 Å². The van der Waals surface area contributed by atoms with Crippen LogP contribution in [0.3, 0.4) is 0 Å². The van der Waals surface area contributed by atoms with Crippen molar-refractivity contribution in [3.05, 3.63) is 0 Å². The molecular weight excluding hydrogens is 218 g/mol. The Bertz CT molecular complexity index is 397. The molecule has 1 N–H and O–H groups in total. The second-order valence-corrected chi connectivity index (χ2v) is 5.64. The van der Waals surface area contributed by atoms with Crippen molar-refractivity contribution in [2.75, 3.05) is 6.54 Å². The molecule has 2 amide bonds. The van der Waals surface area contributed by atoms with Crippen LogP contribution in [0, 0.1) is 16.7 Å². The van der Waals surface area contributed by atoms with Crippen molar-refractivity contribution in [2.45, 2.75) is 45.2 Å². The van der Waals surface area contributed by atoms with Crippen molar-refractivity contribution in [3.8, 4) is 6.07 Å². The van der Waals surface area contributed by atoms with Crippen molar-refractivity contribution in [3.63, 3.8) is 0 Å². The van der Waals surface area contributed by atoms with E-state index in [1.807, 2.05) is 0 Å². The number of rotatable bonds is 1. The molecule has 2 aliphatic rings. The Morgan fingerprint density at radius 1 is 1.59 bits per heavy atom. The third kappa shape index (κ3) is 2.26. The van der Waals surface area contributed by atoms with Gasteiger partial charge in [0.15, 0.2) is 0 Å². The summed E-state index contributed by atoms with van der Waals surface area (Å²) >= 11 is 0. The molecule has 92 valence electrons. The Balaban J connectivity index is 2.09. The first-order valence-electron chi connectivity index (χ1n) is 5.92. The molecule has 2 aliphatic heterocycles. The molecule has 0 bridgehead atoms. The third-order valence-electron chi connectivity index (χ3n) is 3.45. The Kier molecular flexibility index (Phi) is 2.82. The minimum atomic E-state index is -0.424. The summed E-state index contributed by atoms with van der Waals surface area (Å²) in [4.78, 5) is 24.9. The van der Waals surface area contributed by atoms with Gasteiger partial charge in [-0.3, -0.25) is 9.59 Å². The Hall–Kier alpha value is -1.57. The highest BCUT2D eigenvalue weighted by Crippen LogP contribution is 2.34. The molecule has 0 saturated carbocycles. The van der Waals surface area contributed by atoms with Gasteiger partial charge in [-0.25, -0.2) is 0 Å². The molecule has 5 nitrogen and oxygen atoms in total. The van der Waals surface area contributed by atoms with E-state index in [1.165, 1.54) is 0 Å². The molecule has 2 atom stereocenters. The molecule has 2 saturated heterocycles. The van der Waals surface area contributed by atoms with Gasteiger partial charge < -0.3 is 10.2 Å². The minimum Gasteiger partial charge on any atom is -0.344 e. The first-order valence-corrected chi connectivity index (χ1v) is 5.92. The van der Waals surface area contributed by atoms with Gasteiger partial charge in [0.2, 0.25) is 11.8 Å². The van der Waals surface area contributed by atoms with Gasteiger partial charge in [0, 0.05) is 13.0 Å². The van der Waals surface area contributed by atoms with Crippen LogP contribution in [-0.4, -0.2) is 35.3 Å². The predicted molar refractivity (Wildman–Crippen MR) is 60.7 cm³/mol. The summed E-state index contributed by atoms with van der Waals surface area (Å²) in [6, 6.07) is 1.40. The van der Waals surface area contributed by atoms with Crippen LogP contribution in [-0.2, 0) is 9.59 Å². The fourth-order valence-electron chi connectivity index (χ4n) is 2.62. The number of hydrogen-bond donors (Lipinski definition) is 1. The second kappa shape index (κ2) is 4.02. The molecule has 0 aromatic carbocycles. The molecule has 0 spiro atoms. The van der Waals surface area contributed by atoms with Crippen LogP contribution in [0.25, 0.3) is 0 Å². The van der Waals surface area contributed by atoms with Crippen LogP contribution in [0.5, 0.6) is 0 Å². The lowest BCUT2D eigenvalue weighted by Gasteiger charge is -2.24. The van der Waals surface area contributed by atoms with E-state index in [0.29, 0.717) is 25.8 Å². The summed E-state index contributed by atoms with van der Waals surface area (Å²) in [7, 11) is 0. The van der Waals surface area contributed by atoms with Crippen LogP contribution >= 0.6 is 0 Å². The fraction of sp³-hybridized carbons (Fsp3) is 0.750. The zero-order valence-electron chi connectivity index (χ0n) is 10.2. The van der Waals surface area contributed by atoms with Crippen molar-refractivity contribution in [2.24, 2.45) is 5.41 Å². The molecule has 2 fully saturated rings. The number of nitrogens with zero attached hydrogens (tertiary/aromatic N) is 2. The summed E-state index contributed by atoms with van der Waals surface area (Å²) in [5.41, 5.74) is -0.0152. The monoisotopic (exact) mass is 235 g/mol. The highest BCUT2D eigenvalue weighted by Gasteiger charge is 2.43. The maximum absolute atomic E-state index is 12.2. The topological polar surface area (TPSA) is 73.2 Å². The van der Waals surface area contributed by atoms with Gasteiger partial charge in [0.05, 0.1) is 6.07 Å². The molecule has 0 aliphatic carbocycles. The van der Waals surface area contributed by atoms with Crippen molar-refractivity contribution in [1.29, 1.82) is 5.26 Å². The van der Waals surface area contributed by atoms with Crippen LogP contribution in [0.15, 0.2) is 0 Å². The van der Waals surface area contributed by atoms with Gasteiger partial charge in [-0.2, -0.15) is 5.26 Å². The summed E-state index contributed by atoms with van der Waals surface area (Å²) in [6.07, 6.45) is 1.66. The Labute approximate surface area is 101 Å². The quantitative estimate of drug-likeness (QED) is 0.715. The van der Waals surface area contributed by atoms with Crippen LogP contribution in [0.4, 0.5) is 0 Å². The van der Waals surface area contributed by atoms with Gasteiger partial charge in [0.25, 0.3) is 0 Å². The van der Waals surface area contributed by atoms with Gasteiger partial charge in [-0.1, -0.05) is 13.8 Å². The first kappa shape index (κ1) is 11.9. The summed E-state index contributed by atoms with van der Waals surface area (Å²) in [5, 5.41) is 11.7.